The van der Waals surface area contributed by atoms with Gasteiger partial charge in [-0.25, -0.2) is 22.9 Å². The van der Waals surface area contributed by atoms with Gasteiger partial charge in [0.2, 0.25) is 0 Å². The van der Waals surface area contributed by atoms with E-state index in [1.165, 1.54) is 30.6 Å². The zero-order chi connectivity index (χ0) is 25.8. The van der Waals surface area contributed by atoms with E-state index in [0.29, 0.717) is 10.6 Å². The average molecular weight is 540 g/mol. The molecule has 2 aliphatic carbocycles. The second-order valence-corrected chi connectivity index (χ2v) is 10.5. The molecule has 1 aliphatic heterocycles. The van der Waals surface area contributed by atoms with Crippen LogP contribution >= 0.6 is 22.9 Å². The zero-order valence-electron chi connectivity index (χ0n) is 18.9. The summed E-state index contributed by atoms with van der Waals surface area (Å²) in [4.78, 5) is 34.2. The first-order valence-corrected chi connectivity index (χ1v) is 12.5. The van der Waals surface area contributed by atoms with E-state index in [1.54, 1.807) is 11.6 Å². The lowest BCUT2D eigenvalue weighted by molar-refractivity contribution is -0.153. The number of carbonyl (C=O) groups is 2. The van der Waals surface area contributed by atoms with Crippen LogP contribution in [0.25, 0.3) is 0 Å². The Bertz CT molecular complexity index is 1300. The third kappa shape index (κ3) is 3.88. The van der Waals surface area contributed by atoms with Gasteiger partial charge in [-0.1, -0.05) is 17.7 Å². The van der Waals surface area contributed by atoms with Crippen molar-refractivity contribution in [3.63, 3.8) is 0 Å². The van der Waals surface area contributed by atoms with Crippen LogP contribution in [0.4, 0.5) is 13.2 Å². The summed E-state index contributed by atoms with van der Waals surface area (Å²) < 4.78 is 48.5. The van der Waals surface area contributed by atoms with Crippen molar-refractivity contribution in [1.29, 1.82) is 0 Å². The Hall–Kier alpha value is -2.92. The number of carboxylic acid groups (broad SMARTS) is 1. The molecule has 2 N–H and O–H groups in total. The number of nitrogens with zero attached hydrogens (tertiary/aromatic N) is 2. The number of aliphatic imine (C=N–C) groups is 1. The topological polar surface area (TPSA) is 101 Å². The number of hydrogen-bond acceptors (Lipinski definition) is 7. The van der Waals surface area contributed by atoms with Crippen LogP contribution in [-0.4, -0.2) is 40.9 Å². The highest BCUT2D eigenvalue weighted by Crippen LogP contribution is 2.66. The van der Waals surface area contributed by atoms with E-state index in [9.17, 15) is 27.9 Å². The lowest BCUT2D eigenvalue weighted by Crippen LogP contribution is -2.38. The summed E-state index contributed by atoms with van der Waals surface area (Å²) >= 11 is 7.59. The molecule has 36 heavy (non-hydrogen) atoms. The van der Waals surface area contributed by atoms with E-state index >= 15 is 0 Å². The number of carboxylic acids is 1. The van der Waals surface area contributed by atoms with Crippen molar-refractivity contribution in [2.24, 2.45) is 22.2 Å². The van der Waals surface area contributed by atoms with Crippen molar-refractivity contribution in [1.82, 2.24) is 10.3 Å². The van der Waals surface area contributed by atoms with Crippen LogP contribution in [0, 0.1) is 23.1 Å². The number of thiazole rings is 1. The normalized spacial score (nSPS) is 28.6. The number of alkyl halides is 2. The lowest BCUT2D eigenvalue weighted by atomic mass is 9.76. The Morgan fingerprint density at radius 2 is 2.14 bits per heavy atom. The molecule has 0 spiro atoms. The van der Waals surface area contributed by atoms with Gasteiger partial charge in [-0.2, -0.15) is 0 Å². The van der Waals surface area contributed by atoms with Gasteiger partial charge in [0.25, 0.3) is 5.92 Å². The molecule has 2 heterocycles. The molecule has 0 amide bonds. The maximum absolute atomic E-state index is 14.8. The summed E-state index contributed by atoms with van der Waals surface area (Å²) in [5, 5.41) is 15.2. The number of allylic oxidation sites excluding steroid dienone is 1. The molecule has 7 nitrogen and oxygen atoms in total. The summed E-state index contributed by atoms with van der Waals surface area (Å²) in [5.41, 5.74) is -1.09. The molecule has 2 fully saturated rings. The molecule has 190 valence electrons. The van der Waals surface area contributed by atoms with Crippen molar-refractivity contribution in [3.05, 3.63) is 62.5 Å². The molecular formula is C24H21ClF3N3O4S. The largest absolute Gasteiger partial charge is 0.481 e. The Balaban J connectivity index is 1.66. The fraction of sp³-hybridized carbons (Fsp3) is 0.417. The minimum atomic E-state index is -3.13. The third-order valence-electron chi connectivity index (χ3n) is 7.46. The molecule has 0 saturated heterocycles. The summed E-state index contributed by atoms with van der Waals surface area (Å²) in [6.07, 6.45) is 0.878. The number of benzene rings is 1. The van der Waals surface area contributed by atoms with E-state index in [1.807, 2.05) is 0 Å². The smallest absolute Gasteiger partial charge is 0.338 e. The number of nitrogens with one attached hydrogen (secondary N) is 1. The number of esters is 1. The molecule has 12 heteroatoms. The van der Waals surface area contributed by atoms with Crippen LogP contribution in [0.5, 0.6) is 0 Å². The molecule has 4 unspecified atom stereocenters. The highest BCUT2D eigenvalue weighted by Gasteiger charge is 2.70. The molecule has 2 saturated carbocycles. The van der Waals surface area contributed by atoms with Gasteiger partial charge in [-0.05, 0) is 37.3 Å². The number of rotatable bonds is 6. The first kappa shape index (κ1) is 24.8. The van der Waals surface area contributed by atoms with Crippen molar-refractivity contribution in [3.8, 4) is 0 Å². The van der Waals surface area contributed by atoms with Gasteiger partial charge in [-0.15, -0.1) is 11.3 Å². The Morgan fingerprint density at radius 3 is 2.75 bits per heavy atom. The molecule has 2 bridgehead atoms. The Labute approximate surface area is 213 Å². The first-order valence-electron chi connectivity index (χ1n) is 11.2. The van der Waals surface area contributed by atoms with Crippen molar-refractivity contribution in [2.45, 2.75) is 37.6 Å². The van der Waals surface area contributed by atoms with E-state index in [4.69, 9.17) is 16.3 Å². The average Bonchev–Trinajstić information content (AvgIpc) is 3.52. The summed E-state index contributed by atoms with van der Waals surface area (Å²) in [5.74, 6) is -7.57. The second-order valence-electron chi connectivity index (χ2n) is 9.25. The fourth-order valence-electron chi connectivity index (χ4n) is 5.86. The van der Waals surface area contributed by atoms with Gasteiger partial charge >= 0.3 is 11.9 Å². The molecule has 1 aromatic carbocycles. The number of hydrogen-bond donors (Lipinski definition) is 2. The van der Waals surface area contributed by atoms with Gasteiger partial charge in [0.15, 0.2) is 10.8 Å². The van der Waals surface area contributed by atoms with E-state index < -0.39 is 53.4 Å². The summed E-state index contributed by atoms with van der Waals surface area (Å²) in [7, 11) is 1.17. The second kappa shape index (κ2) is 8.88. The predicted octanol–water partition coefficient (Wildman–Crippen LogP) is 4.98. The highest BCUT2D eigenvalue weighted by molar-refractivity contribution is 7.11. The SMILES string of the molecule is COC(=O)C1=C(CC2C3CCC2(C(=O)O)CC3(F)F)NC(c2nccs2)=NC1c1ccc(F)cc1Cl. The lowest BCUT2D eigenvalue weighted by Gasteiger charge is -2.31. The standard InChI is InChI=1S/C24H21ClF3N3O4S/c1-35-21(32)17-16(9-14-13-4-5-23(14,22(33)34)10-24(13,27)28)30-19(20-29-6-7-36-20)31-18(17)12-3-2-11(26)8-15(12)25/h2-3,6-8,13-14,18H,4-5,9-10H2,1H3,(H,30,31)(H,33,34). The van der Waals surface area contributed by atoms with Gasteiger partial charge < -0.3 is 15.2 Å². The van der Waals surface area contributed by atoms with Crippen LogP contribution in [-0.2, 0) is 14.3 Å². The van der Waals surface area contributed by atoms with E-state index in [2.05, 4.69) is 15.3 Å². The minimum absolute atomic E-state index is 0.00136. The molecular weight excluding hydrogens is 519 g/mol. The van der Waals surface area contributed by atoms with Crippen LogP contribution in [0.3, 0.4) is 0 Å². The highest BCUT2D eigenvalue weighted by atomic mass is 35.5. The number of fused-ring (bicyclic) bond motifs is 2. The van der Waals surface area contributed by atoms with Gasteiger partial charge in [0, 0.05) is 40.2 Å². The minimum Gasteiger partial charge on any atom is -0.481 e. The maximum atomic E-state index is 14.8. The zero-order valence-corrected chi connectivity index (χ0v) is 20.5. The molecule has 3 aliphatic rings. The van der Waals surface area contributed by atoms with Crippen molar-refractivity contribution in [2.75, 3.05) is 7.11 Å². The van der Waals surface area contributed by atoms with Crippen LogP contribution in [0.2, 0.25) is 5.02 Å². The van der Waals surface area contributed by atoms with Crippen molar-refractivity contribution < 1.29 is 32.6 Å². The van der Waals surface area contributed by atoms with Gasteiger partial charge in [0.1, 0.15) is 11.9 Å². The fourth-order valence-corrected chi connectivity index (χ4v) is 6.72. The Morgan fingerprint density at radius 1 is 1.36 bits per heavy atom. The molecule has 0 radical (unpaired) electrons. The molecule has 2 aromatic rings. The number of halogens is 4. The Kier molecular flexibility index (Phi) is 6.11. The van der Waals surface area contributed by atoms with E-state index in [0.717, 1.165) is 6.07 Å². The molecule has 1 aromatic heterocycles. The van der Waals surface area contributed by atoms with Crippen molar-refractivity contribution >= 4 is 40.7 Å². The van der Waals surface area contributed by atoms with Crippen LogP contribution in [0.1, 0.15) is 42.3 Å². The van der Waals surface area contributed by atoms with Gasteiger partial charge in [-0.3, -0.25) is 9.79 Å². The number of methoxy groups -OCH3 is 1. The summed E-state index contributed by atoms with van der Waals surface area (Å²) in [6, 6.07) is 2.60. The summed E-state index contributed by atoms with van der Waals surface area (Å²) in [6.45, 7) is 0. The molecule has 5 rings (SSSR count). The van der Waals surface area contributed by atoms with Crippen LogP contribution < -0.4 is 5.32 Å². The predicted molar refractivity (Wildman–Crippen MR) is 125 cm³/mol. The van der Waals surface area contributed by atoms with Crippen LogP contribution in [0.15, 0.2) is 46.0 Å². The number of carbonyl (C=O) groups excluding carboxylic acids is 1. The number of aromatic nitrogens is 1. The number of aliphatic carboxylic acids is 1. The maximum Gasteiger partial charge on any atom is 0.338 e. The monoisotopic (exact) mass is 539 g/mol. The quantitative estimate of drug-likeness (QED) is 0.502. The number of amidine groups is 1. The number of ether oxygens (including phenoxy) is 1. The van der Waals surface area contributed by atoms with Gasteiger partial charge in [0.05, 0.1) is 18.1 Å². The molecule has 4 atom stereocenters. The van der Waals surface area contributed by atoms with E-state index in [-0.39, 0.29) is 41.4 Å². The third-order valence-corrected chi connectivity index (χ3v) is 8.57. The first-order chi connectivity index (χ1) is 17.1.